The number of benzene rings is 2. The van der Waals surface area contributed by atoms with Crippen LogP contribution in [-0.4, -0.2) is 22.3 Å². The first-order chi connectivity index (χ1) is 13.7. The highest BCUT2D eigenvalue weighted by molar-refractivity contribution is 7.98. The molecule has 0 fully saturated rings. The van der Waals surface area contributed by atoms with Crippen molar-refractivity contribution in [1.82, 2.24) is 15.2 Å². The molecule has 2 aromatic carbocycles. The van der Waals surface area contributed by atoms with Crippen LogP contribution in [0.3, 0.4) is 0 Å². The van der Waals surface area contributed by atoms with Gasteiger partial charge in [-0.15, -0.1) is 21.5 Å². The van der Waals surface area contributed by atoms with Gasteiger partial charge in [0.1, 0.15) is 5.75 Å². The number of hydrogen-bond acceptors (Lipinski definition) is 8. The molecular weight excluding hydrogens is 392 g/mol. The van der Waals surface area contributed by atoms with Crippen LogP contribution in [0.1, 0.15) is 11.3 Å². The van der Waals surface area contributed by atoms with Crippen LogP contribution in [0.2, 0.25) is 0 Å². The van der Waals surface area contributed by atoms with Crippen molar-refractivity contribution in [3.8, 4) is 17.2 Å². The molecule has 142 valence electrons. The van der Waals surface area contributed by atoms with Gasteiger partial charge in [-0.25, -0.2) is 4.98 Å². The molecule has 0 amide bonds. The number of methoxy groups -OCH3 is 1. The van der Waals surface area contributed by atoms with E-state index in [4.69, 9.17) is 9.15 Å². The van der Waals surface area contributed by atoms with Crippen molar-refractivity contribution in [1.29, 1.82) is 0 Å². The SMILES string of the molecule is COc1ccc(Nc2nc(CSc3nnc(-c4ccccc4C)o3)cs2)cc1. The Morgan fingerprint density at radius 1 is 1.11 bits per heavy atom. The van der Waals surface area contributed by atoms with E-state index < -0.39 is 0 Å². The molecule has 0 aliphatic rings. The number of hydrogen-bond donors (Lipinski definition) is 1. The van der Waals surface area contributed by atoms with E-state index in [9.17, 15) is 0 Å². The van der Waals surface area contributed by atoms with E-state index in [1.165, 1.54) is 11.8 Å². The summed E-state index contributed by atoms with van der Waals surface area (Å²) in [5.74, 6) is 2.03. The topological polar surface area (TPSA) is 73.1 Å². The summed E-state index contributed by atoms with van der Waals surface area (Å²) in [6.07, 6.45) is 0. The molecule has 0 aliphatic carbocycles. The van der Waals surface area contributed by atoms with E-state index in [0.717, 1.165) is 33.4 Å². The second kappa shape index (κ2) is 8.45. The van der Waals surface area contributed by atoms with Crippen LogP contribution in [0.25, 0.3) is 11.5 Å². The molecule has 0 aliphatic heterocycles. The maximum Gasteiger partial charge on any atom is 0.277 e. The first-order valence-corrected chi connectivity index (χ1v) is 10.5. The highest BCUT2D eigenvalue weighted by Gasteiger charge is 2.12. The predicted molar refractivity (Wildman–Crippen MR) is 112 cm³/mol. The second-order valence-corrected chi connectivity index (χ2v) is 7.76. The number of anilines is 2. The third-order valence-electron chi connectivity index (χ3n) is 4.02. The van der Waals surface area contributed by atoms with Crippen LogP contribution in [0, 0.1) is 6.92 Å². The van der Waals surface area contributed by atoms with Gasteiger partial charge in [0.15, 0.2) is 5.13 Å². The molecule has 0 saturated carbocycles. The van der Waals surface area contributed by atoms with Crippen LogP contribution in [0.4, 0.5) is 10.8 Å². The number of nitrogens with one attached hydrogen (secondary N) is 1. The van der Waals surface area contributed by atoms with Crippen LogP contribution < -0.4 is 10.1 Å². The molecule has 2 aromatic heterocycles. The summed E-state index contributed by atoms with van der Waals surface area (Å²) in [5.41, 5.74) is 3.99. The number of thioether (sulfide) groups is 1. The number of aromatic nitrogens is 3. The smallest absolute Gasteiger partial charge is 0.277 e. The number of aryl methyl sites for hydroxylation is 1. The van der Waals surface area contributed by atoms with Crippen LogP contribution in [-0.2, 0) is 5.75 Å². The fourth-order valence-corrected chi connectivity index (χ4v) is 4.05. The molecule has 0 spiro atoms. The first kappa shape index (κ1) is 18.5. The van der Waals surface area contributed by atoms with Crippen LogP contribution in [0.5, 0.6) is 5.75 Å². The lowest BCUT2D eigenvalue weighted by atomic mass is 10.1. The van der Waals surface area contributed by atoms with Crippen molar-refractivity contribution < 1.29 is 9.15 Å². The zero-order valence-corrected chi connectivity index (χ0v) is 17.0. The van der Waals surface area contributed by atoms with Crippen molar-refractivity contribution in [2.45, 2.75) is 17.9 Å². The minimum Gasteiger partial charge on any atom is -0.497 e. The summed E-state index contributed by atoms with van der Waals surface area (Å²) < 4.78 is 11.0. The molecular formula is C20H18N4O2S2. The van der Waals surface area contributed by atoms with E-state index in [2.05, 4.69) is 20.5 Å². The summed E-state index contributed by atoms with van der Waals surface area (Å²) in [6, 6.07) is 15.7. The lowest BCUT2D eigenvalue weighted by Crippen LogP contribution is -1.90. The second-order valence-electron chi connectivity index (χ2n) is 5.97. The van der Waals surface area contributed by atoms with Gasteiger partial charge in [-0.05, 0) is 42.8 Å². The minimum atomic E-state index is 0.538. The Bertz CT molecular complexity index is 1060. The number of thiazole rings is 1. The van der Waals surface area contributed by atoms with Gasteiger partial charge < -0.3 is 14.5 Å². The Morgan fingerprint density at radius 3 is 2.71 bits per heavy atom. The van der Waals surface area contributed by atoms with Crippen molar-refractivity contribution in [3.05, 3.63) is 65.2 Å². The molecule has 6 nitrogen and oxygen atoms in total. The molecule has 4 aromatic rings. The van der Waals surface area contributed by atoms with Gasteiger partial charge in [0.2, 0.25) is 5.89 Å². The Labute approximate surface area is 171 Å². The van der Waals surface area contributed by atoms with Gasteiger partial charge in [-0.3, -0.25) is 0 Å². The average molecular weight is 411 g/mol. The fraction of sp³-hybridized carbons (Fsp3) is 0.150. The third-order valence-corrected chi connectivity index (χ3v) is 5.68. The molecule has 4 rings (SSSR count). The largest absolute Gasteiger partial charge is 0.497 e. The summed E-state index contributed by atoms with van der Waals surface area (Å²) in [6.45, 7) is 2.03. The highest BCUT2D eigenvalue weighted by Crippen LogP contribution is 2.29. The maximum atomic E-state index is 5.79. The number of rotatable bonds is 7. The fourth-order valence-electron chi connectivity index (χ4n) is 2.55. The molecule has 0 bridgehead atoms. The normalized spacial score (nSPS) is 10.8. The third kappa shape index (κ3) is 4.35. The van der Waals surface area contributed by atoms with E-state index >= 15 is 0 Å². The zero-order valence-electron chi connectivity index (χ0n) is 15.4. The molecule has 2 heterocycles. The minimum absolute atomic E-state index is 0.538. The Hall–Kier alpha value is -2.84. The van der Waals surface area contributed by atoms with Gasteiger partial charge in [0, 0.05) is 22.4 Å². The monoisotopic (exact) mass is 410 g/mol. The molecule has 28 heavy (non-hydrogen) atoms. The molecule has 0 saturated heterocycles. The first-order valence-electron chi connectivity index (χ1n) is 8.59. The Morgan fingerprint density at radius 2 is 1.93 bits per heavy atom. The van der Waals surface area contributed by atoms with Gasteiger partial charge in [-0.1, -0.05) is 30.0 Å². The zero-order chi connectivity index (χ0) is 19.3. The van der Waals surface area contributed by atoms with E-state index in [-0.39, 0.29) is 0 Å². The summed E-state index contributed by atoms with van der Waals surface area (Å²) in [7, 11) is 1.65. The van der Waals surface area contributed by atoms with Crippen LogP contribution >= 0.6 is 23.1 Å². The van der Waals surface area contributed by atoms with E-state index in [0.29, 0.717) is 16.9 Å². The lowest BCUT2D eigenvalue weighted by Gasteiger charge is -2.03. The predicted octanol–water partition coefficient (Wildman–Crippen LogP) is 5.55. The van der Waals surface area contributed by atoms with E-state index in [1.54, 1.807) is 18.4 Å². The molecule has 0 atom stereocenters. The van der Waals surface area contributed by atoms with Gasteiger partial charge >= 0.3 is 0 Å². The standard InChI is InChI=1S/C20H18N4O2S2/c1-13-5-3-4-6-17(13)18-23-24-20(26-18)28-12-15-11-27-19(22-15)21-14-7-9-16(25-2)10-8-14/h3-11H,12H2,1-2H3,(H,21,22). The van der Waals surface area contributed by atoms with E-state index in [1.807, 2.05) is 60.8 Å². The van der Waals surface area contributed by atoms with Crippen molar-refractivity contribution in [3.63, 3.8) is 0 Å². The van der Waals surface area contributed by atoms with Gasteiger partial charge in [0.05, 0.1) is 12.8 Å². The van der Waals surface area contributed by atoms with Crippen molar-refractivity contribution >= 4 is 33.9 Å². The Balaban J connectivity index is 1.36. The highest BCUT2D eigenvalue weighted by atomic mass is 32.2. The lowest BCUT2D eigenvalue weighted by molar-refractivity contribution is 0.415. The van der Waals surface area contributed by atoms with Gasteiger partial charge in [-0.2, -0.15) is 0 Å². The summed E-state index contributed by atoms with van der Waals surface area (Å²) in [5, 5.41) is 15.0. The summed E-state index contributed by atoms with van der Waals surface area (Å²) >= 11 is 3.04. The quantitative estimate of drug-likeness (QED) is 0.401. The molecule has 8 heteroatoms. The molecule has 1 N–H and O–H groups in total. The van der Waals surface area contributed by atoms with Gasteiger partial charge in [0.25, 0.3) is 5.22 Å². The van der Waals surface area contributed by atoms with Crippen LogP contribution in [0.15, 0.2) is 63.6 Å². The number of nitrogens with zero attached hydrogens (tertiary/aromatic N) is 3. The molecule has 0 radical (unpaired) electrons. The maximum absolute atomic E-state index is 5.79. The molecule has 0 unspecified atom stereocenters. The Kier molecular flexibility index (Phi) is 5.59. The van der Waals surface area contributed by atoms with Crippen molar-refractivity contribution in [2.24, 2.45) is 0 Å². The van der Waals surface area contributed by atoms with Crippen molar-refractivity contribution in [2.75, 3.05) is 12.4 Å². The number of ether oxygens (including phenoxy) is 1. The summed E-state index contributed by atoms with van der Waals surface area (Å²) in [4.78, 5) is 4.61. The average Bonchev–Trinajstić information content (AvgIpc) is 3.37.